The lowest BCUT2D eigenvalue weighted by Gasteiger charge is -2.20. The molecule has 0 aliphatic rings. The number of benzene rings is 2. The maximum Gasteiger partial charge on any atom is 0.239 e. The number of methoxy groups -OCH3 is 1. The normalized spacial score (nSPS) is 12.2. The Kier molecular flexibility index (Phi) is 8.57. The number of hydrazine groups is 1. The molecule has 2 aromatic rings. The fraction of sp³-hybridized carbons (Fsp3) is 0.211. The molecule has 9 heteroatoms. The lowest BCUT2D eigenvalue weighted by Crippen LogP contribution is -2.45. The summed E-state index contributed by atoms with van der Waals surface area (Å²) in [5.74, 6) is -0.331. The predicted octanol–water partition coefficient (Wildman–Crippen LogP) is 2.59. The molecule has 0 aliphatic carbocycles. The van der Waals surface area contributed by atoms with Gasteiger partial charge in [0, 0.05) is 23.9 Å². The average molecular weight is 419 g/mol. The standard InChI is InChI=1S/C19H22N4O3S2/c1-26-16-9-5-8-15(11-16)21-19(28)23-22-17(25)10-13(12-24)18(27)20-14-6-3-2-4-7-14/h2-9,11-13,18,20,27H,10H2,1H3,(H,22,25)(H2,21,23,28). The fourth-order valence-electron chi connectivity index (χ4n) is 2.30. The van der Waals surface area contributed by atoms with Gasteiger partial charge in [-0.05, 0) is 36.5 Å². The lowest BCUT2D eigenvalue weighted by molar-refractivity contribution is -0.124. The summed E-state index contributed by atoms with van der Waals surface area (Å²) in [5.41, 5.74) is 6.60. The number of carbonyl (C=O) groups is 2. The van der Waals surface area contributed by atoms with Crippen molar-refractivity contribution in [1.82, 2.24) is 10.9 Å². The largest absolute Gasteiger partial charge is 0.497 e. The number of hydrogen-bond donors (Lipinski definition) is 5. The highest BCUT2D eigenvalue weighted by molar-refractivity contribution is 7.81. The topological polar surface area (TPSA) is 91.5 Å². The van der Waals surface area contributed by atoms with Crippen LogP contribution in [0.1, 0.15) is 6.42 Å². The van der Waals surface area contributed by atoms with Gasteiger partial charge in [-0.1, -0.05) is 24.3 Å². The van der Waals surface area contributed by atoms with Crippen LogP contribution in [0.5, 0.6) is 5.75 Å². The number of amides is 1. The van der Waals surface area contributed by atoms with Gasteiger partial charge in [0.15, 0.2) is 5.11 Å². The molecule has 0 fully saturated rings. The van der Waals surface area contributed by atoms with Gasteiger partial charge in [0.1, 0.15) is 12.0 Å². The van der Waals surface area contributed by atoms with Gasteiger partial charge >= 0.3 is 0 Å². The third-order valence-corrected chi connectivity index (χ3v) is 4.45. The van der Waals surface area contributed by atoms with Gasteiger partial charge in [-0.2, -0.15) is 12.6 Å². The molecule has 0 aliphatic heterocycles. The van der Waals surface area contributed by atoms with Crippen LogP contribution in [0.4, 0.5) is 11.4 Å². The zero-order valence-electron chi connectivity index (χ0n) is 15.2. The second-order valence-electron chi connectivity index (χ2n) is 5.82. The van der Waals surface area contributed by atoms with Crippen molar-refractivity contribution in [2.45, 2.75) is 11.8 Å². The van der Waals surface area contributed by atoms with Gasteiger partial charge in [-0.15, -0.1) is 0 Å². The van der Waals surface area contributed by atoms with E-state index in [1.54, 1.807) is 19.2 Å². The number of hydrogen-bond acceptors (Lipinski definition) is 6. The lowest BCUT2D eigenvalue weighted by atomic mass is 10.1. The van der Waals surface area contributed by atoms with Crippen molar-refractivity contribution in [3.8, 4) is 5.75 Å². The first-order valence-corrected chi connectivity index (χ1v) is 9.39. The highest BCUT2D eigenvalue weighted by Crippen LogP contribution is 2.17. The van der Waals surface area contributed by atoms with Crippen molar-refractivity contribution in [1.29, 1.82) is 0 Å². The van der Waals surface area contributed by atoms with E-state index in [4.69, 9.17) is 17.0 Å². The summed E-state index contributed by atoms with van der Waals surface area (Å²) in [6.07, 6.45) is 0.659. The highest BCUT2D eigenvalue weighted by atomic mass is 32.1. The number of anilines is 2. The second-order valence-corrected chi connectivity index (χ2v) is 6.78. The molecule has 2 aromatic carbocycles. The minimum Gasteiger partial charge on any atom is -0.497 e. The van der Waals surface area contributed by atoms with E-state index in [9.17, 15) is 9.59 Å². The van der Waals surface area contributed by atoms with Crippen LogP contribution >= 0.6 is 24.8 Å². The Bertz CT molecular complexity index is 805. The van der Waals surface area contributed by atoms with E-state index < -0.39 is 11.3 Å². The number of thiol groups is 1. The minimum atomic E-state index is -0.620. The number of rotatable bonds is 8. The molecule has 2 unspecified atom stereocenters. The Morgan fingerprint density at radius 1 is 1.14 bits per heavy atom. The zero-order chi connectivity index (χ0) is 20.4. The molecular weight excluding hydrogens is 396 g/mol. The van der Waals surface area contributed by atoms with E-state index in [0.717, 1.165) is 5.69 Å². The first kappa shape index (κ1) is 21.5. The summed E-state index contributed by atoms with van der Waals surface area (Å²) in [7, 11) is 1.57. The van der Waals surface area contributed by atoms with Gasteiger partial charge < -0.3 is 20.2 Å². The third kappa shape index (κ3) is 7.09. The molecule has 7 nitrogen and oxygen atoms in total. The maximum atomic E-state index is 12.1. The molecule has 2 rings (SSSR count). The van der Waals surface area contributed by atoms with Gasteiger partial charge in [0.25, 0.3) is 0 Å². The molecule has 0 spiro atoms. The van der Waals surface area contributed by atoms with Crippen LogP contribution in [-0.2, 0) is 9.59 Å². The molecule has 1 amide bonds. The van der Waals surface area contributed by atoms with Crippen molar-refractivity contribution in [3.63, 3.8) is 0 Å². The van der Waals surface area contributed by atoms with Gasteiger partial charge in [-0.25, -0.2) is 0 Å². The Morgan fingerprint density at radius 2 is 1.86 bits per heavy atom. The Hall–Kier alpha value is -2.78. The number of para-hydroxylation sites is 1. The Labute approximate surface area is 174 Å². The van der Waals surface area contributed by atoms with Crippen LogP contribution in [0.2, 0.25) is 0 Å². The van der Waals surface area contributed by atoms with E-state index >= 15 is 0 Å². The summed E-state index contributed by atoms with van der Waals surface area (Å²) in [4.78, 5) is 23.5. The van der Waals surface area contributed by atoms with E-state index in [0.29, 0.717) is 17.7 Å². The van der Waals surface area contributed by atoms with Crippen LogP contribution < -0.4 is 26.2 Å². The number of aldehydes is 1. The molecule has 0 aromatic heterocycles. The molecular formula is C19H22N4O3S2. The molecule has 0 saturated carbocycles. The van der Waals surface area contributed by atoms with Crippen molar-refractivity contribution in [2.24, 2.45) is 5.92 Å². The monoisotopic (exact) mass is 418 g/mol. The number of ether oxygens (including phenoxy) is 1. The van der Waals surface area contributed by atoms with Gasteiger partial charge in [0.05, 0.1) is 18.4 Å². The SMILES string of the molecule is COc1cccc(NC(=S)NNC(=O)CC(C=O)C(S)Nc2ccccc2)c1. The molecule has 4 N–H and O–H groups in total. The number of nitrogens with one attached hydrogen (secondary N) is 4. The third-order valence-electron chi connectivity index (χ3n) is 3.73. The molecule has 148 valence electrons. The smallest absolute Gasteiger partial charge is 0.239 e. The predicted molar refractivity (Wildman–Crippen MR) is 118 cm³/mol. The highest BCUT2D eigenvalue weighted by Gasteiger charge is 2.21. The summed E-state index contributed by atoms with van der Waals surface area (Å²) < 4.78 is 5.14. The minimum absolute atomic E-state index is 0.0493. The quantitative estimate of drug-likeness (QED) is 0.148. The van der Waals surface area contributed by atoms with Crippen LogP contribution in [0.15, 0.2) is 54.6 Å². The maximum absolute atomic E-state index is 12.1. The molecule has 2 atom stereocenters. The van der Waals surface area contributed by atoms with Crippen LogP contribution in [0.25, 0.3) is 0 Å². The van der Waals surface area contributed by atoms with Crippen molar-refractivity contribution in [3.05, 3.63) is 54.6 Å². The molecule has 0 heterocycles. The molecule has 0 radical (unpaired) electrons. The first-order chi connectivity index (χ1) is 13.5. The summed E-state index contributed by atoms with van der Waals surface area (Å²) in [5, 5.41) is 5.71. The van der Waals surface area contributed by atoms with Crippen molar-refractivity contribution in [2.75, 3.05) is 17.7 Å². The molecule has 28 heavy (non-hydrogen) atoms. The summed E-state index contributed by atoms with van der Waals surface area (Å²) >= 11 is 9.53. The van der Waals surface area contributed by atoms with E-state index in [1.807, 2.05) is 42.5 Å². The summed E-state index contributed by atoms with van der Waals surface area (Å²) in [6, 6.07) is 16.5. The molecule has 0 saturated heterocycles. The van der Waals surface area contributed by atoms with Gasteiger partial charge in [-0.3, -0.25) is 15.6 Å². The Morgan fingerprint density at radius 3 is 2.54 bits per heavy atom. The van der Waals surface area contributed by atoms with Crippen LogP contribution in [0.3, 0.4) is 0 Å². The summed E-state index contributed by atoms with van der Waals surface area (Å²) in [6.45, 7) is 0. The van der Waals surface area contributed by atoms with Crippen LogP contribution in [0, 0.1) is 5.92 Å². The van der Waals surface area contributed by atoms with E-state index in [2.05, 4.69) is 34.1 Å². The zero-order valence-corrected chi connectivity index (χ0v) is 16.9. The van der Waals surface area contributed by atoms with E-state index in [1.165, 1.54) is 0 Å². The number of thiocarbonyl (C=S) groups is 1. The Balaban J connectivity index is 1.79. The molecule has 0 bridgehead atoms. The van der Waals surface area contributed by atoms with Crippen molar-refractivity contribution >= 4 is 53.5 Å². The first-order valence-electron chi connectivity index (χ1n) is 8.46. The van der Waals surface area contributed by atoms with E-state index in [-0.39, 0.29) is 17.4 Å². The van der Waals surface area contributed by atoms with Crippen LogP contribution in [-0.4, -0.2) is 29.8 Å². The van der Waals surface area contributed by atoms with Gasteiger partial charge in [0.2, 0.25) is 5.91 Å². The average Bonchev–Trinajstić information content (AvgIpc) is 2.71. The number of carbonyl (C=O) groups excluding carboxylic acids is 2. The van der Waals surface area contributed by atoms with Crippen molar-refractivity contribution < 1.29 is 14.3 Å². The second kappa shape index (κ2) is 11.2. The fourth-order valence-corrected chi connectivity index (χ4v) is 2.79.